The molecule has 0 radical (unpaired) electrons. The highest BCUT2D eigenvalue weighted by Gasteiger charge is 2.11. The van der Waals surface area contributed by atoms with Gasteiger partial charge in [-0.1, -0.05) is 0 Å². The highest BCUT2D eigenvalue weighted by Crippen LogP contribution is 2.37. The van der Waals surface area contributed by atoms with Gasteiger partial charge in [0, 0.05) is 13.2 Å². The van der Waals surface area contributed by atoms with Gasteiger partial charge in [-0.15, -0.1) is 0 Å². The molecule has 1 aromatic rings. The van der Waals surface area contributed by atoms with Crippen molar-refractivity contribution in [2.24, 2.45) is 5.73 Å². The summed E-state index contributed by atoms with van der Waals surface area (Å²) >= 11 is 3.47. The maximum Gasteiger partial charge on any atom is 0.175 e. The standard InChI is InChI=1S/C13H20BrNO3/c1-2-17-12-8-10(9-15)7-11(14)13(12)18-6-4-3-5-16/h7-8,16H,2-6,9,15H2,1H3. The minimum atomic E-state index is 0.189. The van der Waals surface area contributed by atoms with E-state index in [0.29, 0.717) is 31.3 Å². The van der Waals surface area contributed by atoms with Crippen molar-refractivity contribution in [3.05, 3.63) is 22.2 Å². The minimum absolute atomic E-state index is 0.189. The van der Waals surface area contributed by atoms with Crippen LogP contribution in [0.15, 0.2) is 16.6 Å². The molecule has 4 nitrogen and oxygen atoms in total. The van der Waals surface area contributed by atoms with Crippen molar-refractivity contribution in [3.8, 4) is 11.5 Å². The Morgan fingerprint density at radius 3 is 2.67 bits per heavy atom. The average Bonchev–Trinajstić information content (AvgIpc) is 2.37. The Morgan fingerprint density at radius 1 is 1.28 bits per heavy atom. The molecule has 0 saturated heterocycles. The normalized spacial score (nSPS) is 10.4. The maximum absolute atomic E-state index is 8.72. The molecule has 0 atom stereocenters. The number of rotatable bonds is 8. The van der Waals surface area contributed by atoms with Gasteiger partial charge in [0.2, 0.25) is 0 Å². The smallest absolute Gasteiger partial charge is 0.175 e. The van der Waals surface area contributed by atoms with Crippen molar-refractivity contribution >= 4 is 15.9 Å². The summed E-state index contributed by atoms with van der Waals surface area (Å²) in [5.74, 6) is 1.41. The van der Waals surface area contributed by atoms with Crippen molar-refractivity contribution in [1.29, 1.82) is 0 Å². The number of halogens is 1. The van der Waals surface area contributed by atoms with Crippen LogP contribution in [0.5, 0.6) is 11.5 Å². The number of aliphatic hydroxyl groups excluding tert-OH is 1. The molecule has 1 rings (SSSR count). The van der Waals surface area contributed by atoms with Crippen LogP contribution in [-0.2, 0) is 6.54 Å². The Bertz CT molecular complexity index is 371. The molecule has 0 fully saturated rings. The summed E-state index contributed by atoms with van der Waals surface area (Å²) in [7, 11) is 0. The molecule has 18 heavy (non-hydrogen) atoms. The zero-order valence-electron chi connectivity index (χ0n) is 10.6. The van der Waals surface area contributed by atoms with E-state index in [-0.39, 0.29) is 6.61 Å². The predicted octanol–water partition coefficient (Wildman–Crippen LogP) is 2.46. The van der Waals surface area contributed by atoms with Crippen LogP contribution in [-0.4, -0.2) is 24.9 Å². The molecule has 102 valence electrons. The first-order chi connectivity index (χ1) is 8.72. The average molecular weight is 318 g/mol. The Balaban J connectivity index is 2.79. The van der Waals surface area contributed by atoms with Crippen LogP contribution in [0.4, 0.5) is 0 Å². The van der Waals surface area contributed by atoms with Crippen LogP contribution >= 0.6 is 15.9 Å². The summed E-state index contributed by atoms with van der Waals surface area (Å²) < 4.78 is 12.1. The van der Waals surface area contributed by atoms with Crippen LogP contribution in [0, 0.1) is 0 Å². The fraction of sp³-hybridized carbons (Fsp3) is 0.538. The summed E-state index contributed by atoms with van der Waals surface area (Å²) in [6.45, 7) is 3.71. The molecule has 0 heterocycles. The van der Waals surface area contributed by atoms with E-state index in [0.717, 1.165) is 22.9 Å². The third-order valence-corrected chi connectivity index (χ3v) is 2.99. The number of aliphatic hydroxyl groups is 1. The van der Waals surface area contributed by atoms with Gasteiger partial charge in [-0.05, 0) is 53.4 Å². The fourth-order valence-corrected chi connectivity index (χ4v) is 2.13. The van der Waals surface area contributed by atoms with E-state index in [1.807, 2.05) is 19.1 Å². The summed E-state index contributed by atoms with van der Waals surface area (Å²) in [4.78, 5) is 0. The predicted molar refractivity (Wildman–Crippen MR) is 75.0 cm³/mol. The number of nitrogens with two attached hydrogens (primary N) is 1. The second-order valence-electron chi connectivity index (χ2n) is 3.82. The summed E-state index contributed by atoms with van der Waals surface area (Å²) in [6.07, 6.45) is 1.55. The van der Waals surface area contributed by atoms with Gasteiger partial charge in [-0.2, -0.15) is 0 Å². The number of benzene rings is 1. The molecule has 0 bridgehead atoms. The second kappa shape index (κ2) is 8.34. The van der Waals surface area contributed by atoms with E-state index in [4.69, 9.17) is 20.3 Å². The van der Waals surface area contributed by atoms with E-state index >= 15 is 0 Å². The van der Waals surface area contributed by atoms with E-state index in [1.165, 1.54) is 0 Å². The first-order valence-corrected chi connectivity index (χ1v) is 6.91. The molecule has 3 N–H and O–H groups in total. The highest BCUT2D eigenvalue weighted by molar-refractivity contribution is 9.10. The maximum atomic E-state index is 8.72. The lowest BCUT2D eigenvalue weighted by atomic mass is 10.2. The first-order valence-electron chi connectivity index (χ1n) is 6.11. The van der Waals surface area contributed by atoms with Crippen LogP contribution in [0.3, 0.4) is 0 Å². The van der Waals surface area contributed by atoms with Crippen LogP contribution in [0.25, 0.3) is 0 Å². The third-order valence-electron chi connectivity index (χ3n) is 2.40. The van der Waals surface area contributed by atoms with Crippen LogP contribution < -0.4 is 15.2 Å². The van der Waals surface area contributed by atoms with Crippen molar-refractivity contribution < 1.29 is 14.6 Å². The van der Waals surface area contributed by atoms with Crippen molar-refractivity contribution in [2.45, 2.75) is 26.3 Å². The van der Waals surface area contributed by atoms with E-state index < -0.39 is 0 Å². The Kier molecular flexibility index (Phi) is 7.08. The molecule has 0 spiro atoms. The van der Waals surface area contributed by atoms with Crippen molar-refractivity contribution in [3.63, 3.8) is 0 Å². The van der Waals surface area contributed by atoms with Crippen molar-refractivity contribution in [1.82, 2.24) is 0 Å². The quantitative estimate of drug-likeness (QED) is 0.723. The molecule has 0 aromatic heterocycles. The molecule has 0 aliphatic heterocycles. The van der Waals surface area contributed by atoms with Crippen LogP contribution in [0.2, 0.25) is 0 Å². The summed E-state index contributed by atoms with van der Waals surface area (Å²) in [5.41, 5.74) is 6.62. The molecule has 0 saturated carbocycles. The van der Waals surface area contributed by atoms with E-state index in [2.05, 4.69) is 15.9 Å². The highest BCUT2D eigenvalue weighted by atomic mass is 79.9. The second-order valence-corrected chi connectivity index (χ2v) is 4.68. The molecule has 5 heteroatoms. The Labute approximate surface area is 116 Å². The SMILES string of the molecule is CCOc1cc(CN)cc(Br)c1OCCCCO. The topological polar surface area (TPSA) is 64.7 Å². The molecule has 1 aromatic carbocycles. The zero-order chi connectivity index (χ0) is 13.4. The third kappa shape index (κ3) is 4.48. The lowest BCUT2D eigenvalue weighted by Gasteiger charge is -2.15. The van der Waals surface area contributed by atoms with E-state index in [9.17, 15) is 0 Å². The van der Waals surface area contributed by atoms with Gasteiger partial charge < -0.3 is 20.3 Å². The fourth-order valence-electron chi connectivity index (χ4n) is 1.53. The zero-order valence-corrected chi connectivity index (χ0v) is 12.2. The summed E-state index contributed by atoms with van der Waals surface area (Å²) in [5, 5.41) is 8.72. The number of unbranched alkanes of at least 4 members (excludes halogenated alkanes) is 1. The van der Waals surface area contributed by atoms with Gasteiger partial charge in [0.1, 0.15) is 0 Å². The van der Waals surface area contributed by atoms with Crippen molar-refractivity contribution in [2.75, 3.05) is 19.8 Å². The lowest BCUT2D eigenvalue weighted by molar-refractivity contribution is 0.242. The molecule has 0 amide bonds. The van der Waals surface area contributed by atoms with Gasteiger partial charge in [0.25, 0.3) is 0 Å². The first kappa shape index (κ1) is 15.3. The van der Waals surface area contributed by atoms with Gasteiger partial charge in [-0.3, -0.25) is 0 Å². The molecule has 0 aliphatic carbocycles. The van der Waals surface area contributed by atoms with Gasteiger partial charge in [0.05, 0.1) is 17.7 Å². The molecular formula is C13H20BrNO3. The van der Waals surface area contributed by atoms with Gasteiger partial charge in [-0.25, -0.2) is 0 Å². The molecule has 0 aliphatic rings. The minimum Gasteiger partial charge on any atom is -0.490 e. The van der Waals surface area contributed by atoms with Gasteiger partial charge >= 0.3 is 0 Å². The number of hydrogen-bond donors (Lipinski definition) is 2. The summed E-state index contributed by atoms with van der Waals surface area (Å²) in [6, 6.07) is 3.83. The lowest BCUT2D eigenvalue weighted by Crippen LogP contribution is -2.04. The largest absolute Gasteiger partial charge is 0.490 e. The number of ether oxygens (including phenoxy) is 2. The van der Waals surface area contributed by atoms with Gasteiger partial charge in [0.15, 0.2) is 11.5 Å². The van der Waals surface area contributed by atoms with Crippen LogP contribution in [0.1, 0.15) is 25.3 Å². The molecule has 0 unspecified atom stereocenters. The molecular weight excluding hydrogens is 298 g/mol. The Hall–Kier alpha value is -0.780. The Morgan fingerprint density at radius 2 is 2.06 bits per heavy atom. The number of hydrogen-bond acceptors (Lipinski definition) is 4. The van der Waals surface area contributed by atoms with E-state index in [1.54, 1.807) is 0 Å². The monoisotopic (exact) mass is 317 g/mol.